The highest BCUT2D eigenvalue weighted by Gasteiger charge is 2.13. The Labute approximate surface area is 105 Å². The van der Waals surface area contributed by atoms with Crippen LogP contribution >= 0.6 is 11.3 Å². The molecular formula is C12H17NO3S. The van der Waals surface area contributed by atoms with Gasteiger partial charge in [0.05, 0.1) is 4.88 Å². The van der Waals surface area contributed by atoms with Gasteiger partial charge in [-0.2, -0.15) is 0 Å². The SMILES string of the molecule is CCCc1sc(C(=O)NCC(=O)O)cc1CC. The zero-order valence-electron chi connectivity index (χ0n) is 10.1. The number of hydrogen-bond donors (Lipinski definition) is 2. The number of amides is 1. The summed E-state index contributed by atoms with van der Waals surface area (Å²) in [5.41, 5.74) is 1.19. The minimum atomic E-state index is -1.03. The largest absolute Gasteiger partial charge is 0.480 e. The highest BCUT2D eigenvalue weighted by Crippen LogP contribution is 2.24. The molecule has 0 aliphatic rings. The third kappa shape index (κ3) is 3.85. The third-order valence-electron chi connectivity index (χ3n) is 2.38. The lowest BCUT2D eigenvalue weighted by Crippen LogP contribution is -2.28. The molecule has 17 heavy (non-hydrogen) atoms. The van der Waals surface area contributed by atoms with Crippen LogP contribution in [-0.2, 0) is 17.6 Å². The first-order chi connectivity index (χ1) is 8.08. The molecule has 5 heteroatoms. The van der Waals surface area contributed by atoms with Gasteiger partial charge in [0, 0.05) is 4.88 Å². The Hall–Kier alpha value is -1.36. The number of carboxylic acid groups (broad SMARTS) is 1. The van der Waals surface area contributed by atoms with Crippen LogP contribution in [0.3, 0.4) is 0 Å². The standard InChI is InChI=1S/C12H17NO3S/c1-3-5-9-8(4-2)6-10(17-9)12(16)13-7-11(14)15/h6H,3-5,7H2,1-2H3,(H,13,16)(H,14,15). The Morgan fingerprint density at radius 1 is 1.41 bits per heavy atom. The molecule has 0 spiro atoms. The summed E-state index contributed by atoms with van der Waals surface area (Å²) < 4.78 is 0. The molecule has 1 rings (SSSR count). The van der Waals surface area contributed by atoms with Crippen LogP contribution in [0.25, 0.3) is 0 Å². The van der Waals surface area contributed by atoms with Crippen molar-refractivity contribution in [2.45, 2.75) is 33.1 Å². The van der Waals surface area contributed by atoms with E-state index in [4.69, 9.17) is 5.11 Å². The summed E-state index contributed by atoms with van der Waals surface area (Å²) in [7, 11) is 0. The molecule has 2 N–H and O–H groups in total. The molecular weight excluding hydrogens is 238 g/mol. The maximum atomic E-state index is 11.7. The average molecular weight is 255 g/mol. The van der Waals surface area contributed by atoms with Crippen molar-refractivity contribution in [3.8, 4) is 0 Å². The van der Waals surface area contributed by atoms with Crippen LogP contribution in [0.2, 0.25) is 0 Å². The van der Waals surface area contributed by atoms with Gasteiger partial charge in [-0.15, -0.1) is 11.3 Å². The normalized spacial score (nSPS) is 10.2. The molecule has 0 aromatic carbocycles. The van der Waals surface area contributed by atoms with Gasteiger partial charge < -0.3 is 10.4 Å². The van der Waals surface area contributed by atoms with Crippen molar-refractivity contribution in [3.05, 3.63) is 21.4 Å². The minimum Gasteiger partial charge on any atom is -0.480 e. The molecule has 0 unspecified atom stereocenters. The summed E-state index contributed by atoms with van der Waals surface area (Å²) in [6.45, 7) is 3.82. The Kier molecular flexibility index (Phi) is 5.15. The van der Waals surface area contributed by atoms with Crippen LogP contribution in [0.1, 0.15) is 40.4 Å². The van der Waals surface area contributed by atoms with E-state index in [1.807, 2.05) is 6.07 Å². The summed E-state index contributed by atoms with van der Waals surface area (Å²) >= 11 is 1.46. The van der Waals surface area contributed by atoms with Gasteiger partial charge in [0.2, 0.25) is 0 Å². The number of thiophene rings is 1. The monoisotopic (exact) mass is 255 g/mol. The number of aryl methyl sites for hydroxylation is 2. The number of nitrogens with one attached hydrogen (secondary N) is 1. The first-order valence-corrected chi connectivity index (χ1v) is 6.51. The summed E-state index contributed by atoms with van der Waals surface area (Å²) in [5, 5.41) is 10.9. The molecule has 0 aliphatic carbocycles. The number of hydrogen-bond acceptors (Lipinski definition) is 3. The second-order valence-electron chi connectivity index (χ2n) is 3.74. The van der Waals surface area contributed by atoms with E-state index < -0.39 is 5.97 Å². The summed E-state index contributed by atoms with van der Waals surface area (Å²) in [4.78, 5) is 23.9. The maximum Gasteiger partial charge on any atom is 0.322 e. The fourth-order valence-corrected chi connectivity index (χ4v) is 2.83. The van der Waals surface area contributed by atoms with Gasteiger partial charge in [-0.3, -0.25) is 9.59 Å². The van der Waals surface area contributed by atoms with Gasteiger partial charge in [0.1, 0.15) is 6.54 Å². The van der Waals surface area contributed by atoms with Crippen molar-refractivity contribution < 1.29 is 14.7 Å². The smallest absolute Gasteiger partial charge is 0.322 e. The van der Waals surface area contributed by atoms with Crippen LogP contribution in [0.5, 0.6) is 0 Å². The summed E-state index contributed by atoms with van der Waals surface area (Å²) in [6.07, 6.45) is 2.92. The number of rotatable bonds is 6. The highest BCUT2D eigenvalue weighted by molar-refractivity contribution is 7.14. The number of aliphatic carboxylic acids is 1. The first kappa shape index (κ1) is 13.7. The van der Waals surface area contributed by atoms with Crippen molar-refractivity contribution in [1.82, 2.24) is 5.32 Å². The molecule has 0 atom stereocenters. The number of carboxylic acids is 1. The topological polar surface area (TPSA) is 66.4 Å². The van der Waals surface area contributed by atoms with E-state index in [1.54, 1.807) is 0 Å². The van der Waals surface area contributed by atoms with E-state index >= 15 is 0 Å². The molecule has 94 valence electrons. The van der Waals surface area contributed by atoms with Gasteiger partial charge in [-0.25, -0.2) is 0 Å². The van der Waals surface area contributed by atoms with Crippen LogP contribution in [0.4, 0.5) is 0 Å². The van der Waals surface area contributed by atoms with E-state index in [9.17, 15) is 9.59 Å². The molecule has 0 radical (unpaired) electrons. The molecule has 0 aliphatic heterocycles. The molecule has 0 saturated carbocycles. The minimum absolute atomic E-state index is 0.297. The molecule has 1 heterocycles. The Bertz CT molecular complexity index is 412. The molecule has 1 aromatic rings. The van der Waals surface area contributed by atoms with Crippen LogP contribution in [0.15, 0.2) is 6.07 Å². The van der Waals surface area contributed by atoms with Crippen molar-refractivity contribution in [1.29, 1.82) is 0 Å². The molecule has 4 nitrogen and oxygen atoms in total. The van der Waals surface area contributed by atoms with Crippen molar-refractivity contribution in [3.63, 3.8) is 0 Å². The van der Waals surface area contributed by atoms with Crippen LogP contribution in [0, 0.1) is 0 Å². The maximum absolute atomic E-state index is 11.7. The predicted octanol–water partition coefficient (Wildman–Crippen LogP) is 2.08. The number of carbonyl (C=O) groups excluding carboxylic acids is 1. The van der Waals surface area contributed by atoms with Crippen molar-refractivity contribution >= 4 is 23.2 Å². The molecule has 0 saturated heterocycles. The second-order valence-corrected chi connectivity index (χ2v) is 4.88. The molecule has 0 fully saturated rings. The number of carbonyl (C=O) groups is 2. The zero-order valence-corrected chi connectivity index (χ0v) is 10.9. The predicted molar refractivity (Wildman–Crippen MR) is 67.7 cm³/mol. The van der Waals surface area contributed by atoms with Gasteiger partial charge >= 0.3 is 5.97 Å². The van der Waals surface area contributed by atoms with Crippen molar-refractivity contribution in [2.24, 2.45) is 0 Å². The Morgan fingerprint density at radius 3 is 2.65 bits per heavy atom. The van der Waals surface area contributed by atoms with E-state index in [0.717, 1.165) is 19.3 Å². The lowest BCUT2D eigenvalue weighted by atomic mass is 10.1. The quantitative estimate of drug-likeness (QED) is 0.818. The van der Waals surface area contributed by atoms with E-state index in [1.165, 1.54) is 21.8 Å². The third-order valence-corrected chi connectivity index (χ3v) is 3.61. The van der Waals surface area contributed by atoms with Crippen LogP contribution in [-0.4, -0.2) is 23.5 Å². The lowest BCUT2D eigenvalue weighted by molar-refractivity contribution is -0.135. The fraction of sp³-hybridized carbons (Fsp3) is 0.500. The van der Waals surface area contributed by atoms with Gasteiger partial charge in [0.15, 0.2) is 0 Å². The van der Waals surface area contributed by atoms with E-state index in [-0.39, 0.29) is 12.5 Å². The molecule has 1 amide bonds. The fourth-order valence-electron chi connectivity index (χ4n) is 1.56. The summed E-state index contributed by atoms with van der Waals surface area (Å²) in [6, 6.07) is 1.87. The Morgan fingerprint density at radius 2 is 2.12 bits per heavy atom. The van der Waals surface area contributed by atoms with E-state index in [0.29, 0.717) is 4.88 Å². The highest BCUT2D eigenvalue weighted by atomic mass is 32.1. The van der Waals surface area contributed by atoms with Gasteiger partial charge in [-0.1, -0.05) is 20.3 Å². The van der Waals surface area contributed by atoms with Gasteiger partial charge in [0.25, 0.3) is 5.91 Å². The Balaban J connectivity index is 2.76. The molecule has 0 bridgehead atoms. The molecule has 1 aromatic heterocycles. The average Bonchev–Trinajstić information content (AvgIpc) is 2.69. The van der Waals surface area contributed by atoms with Gasteiger partial charge in [-0.05, 0) is 24.5 Å². The lowest BCUT2D eigenvalue weighted by Gasteiger charge is -1.98. The van der Waals surface area contributed by atoms with E-state index in [2.05, 4.69) is 19.2 Å². The summed E-state index contributed by atoms with van der Waals surface area (Å²) in [5.74, 6) is -1.33. The van der Waals surface area contributed by atoms with Crippen molar-refractivity contribution in [2.75, 3.05) is 6.54 Å². The first-order valence-electron chi connectivity index (χ1n) is 5.70. The zero-order chi connectivity index (χ0) is 12.8. The second kappa shape index (κ2) is 6.39. The van der Waals surface area contributed by atoms with Crippen LogP contribution < -0.4 is 5.32 Å².